The predicted molar refractivity (Wildman–Crippen MR) is 70.8 cm³/mol. The Kier molecular flexibility index (Phi) is 5.34. The summed E-state index contributed by atoms with van der Waals surface area (Å²) >= 11 is 17.3. The number of sulfonamides is 1. The number of anilines is 1. The average molecular weight is 319 g/mol. The molecule has 0 radical (unpaired) electrons. The molecule has 0 aliphatic carbocycles. The van der Waals surface area contributed by atoms with Crippen molar-refractivity contribution in [3.05, 3.63) is 27.2 Å². The van der Waals surface area contributed by atoms with Gasteiger partial charge < -0.3 is 4.74 Å². The van der Waals surface area contributed by atoms with Gasteiger partial charge in [0, 0.05) is 7.11 Å². The average Bonchev–Trinajstić information content (AvgIpc) is 2.23. The van der Waals surface area contributed by atoms with Crippen LogP contribution in [-0.4, -0.2) is 27.9 Å². The Morgan fingerprint density at radius 1 is 1.18 bits per heavy atom. The van der Waals surface area contributed by atoms with Gasteiger partial charge in [0.1, 0.15) is 0 Å². The second-order valence-electron chi connectivity index (χ2n) is 3.16. The summed E-state index contributed by atoms with van der Waals surface area (Å²) in [7, 11) is -2.09. The molecule has 0 saturated carbocycles. The molecule has 0 heterocycles. The SMILES string of the molecule is COCCS(=O)(=O)Nc1cc(Cl)c(Cl)cc1Cl. The van der Waals surface area contributed by atoms with Crippen LogP contribution in [0.1, 0.15) is 0 Å². The molecule has 1 N–H and O–H groups in total. The lowest BCUT2D eigenvalue weighted by molar-refractivity contribution is 0.217. The van der Waals surface area contributed by atoms with Gasteiger partial charge in [-0.3, -0.25) is 4.72 Å². The number of ether oxygens (including phenoxy) is 1. The third-order valence-corrected chi connectivity index (χ3v) is 4.10. The van der Waals surface area contributed by atoms with E-state index in [1.54, 1.807) is 0 Å². The monoisotopic (exact) mass is 317 g/mol. The summed E-state index contributed by atoms with van der Waals surface area (Å²) in [6.45, 7) is 0.0915. The molecule has 0 aliphatic heterocycles. The highest BCUT2D eigenvalue weighted by Gasteiger charge is 2.13. The lowest BCUT2D eigenvalue weighted by atomic mass is 10.3. The van der Waals surface area contributed by atoms with Crippen LogP contribution >= 0.6 is 34.8 Å². The van der Waals surface area contributed by atoms with Crippen molar-refractivity contribution < 1.29 is 13.2 Å². The van der Waals surface area contributed by atoms with Crippen LogP contribution in [0.15, 0.2) is 12.1 Å². The standard InChI is InChI=1S/C9H10Cl3NO3S/c1-16-2-3-17(14,15)13-9-5-7(11)6(10)4-8(9)12/h4-5,13H,2-3H2,1H3. The van der Waals surface area contributed by atoms with E-state index in [0.717, 1.165) is 0 Å². The first kappa shape index (κ1) is 14.9. The molecule has 0 spiro atoms. The second-order valence-corrected chi connectivity index (χ2v) is 6.22. The zero-order valence-corrected chi connectivity index (χ0v) is 11.9. The van der Waals surface area contributed by atoms with E-state index in [4.69, 9.17) is 34.8 Å². The molecule has 0 atom stereocenters. The minimum Gasteiger partial charge on any atom is -0.384 e. The largest absolute Gasteiger partial charge is 0.384 e. The van der Waals surface area contributed by atoms with Crippen LogP contribution in [-0.2, 0) is 14.8 Å². The topological polar surface area (TPSA) is 55.4 Å². The van der Waals surface area contributed by atoms with Gasteiger partial charge in [-0.25, -0.2) is 8.42 Å². The van der Waals surface area contributed by atoms with Gasteiger partial charge in [0.2, 0.25) is 10.0 Å². The number of methoxy groups -OCH3 is 1. The molecule has 0 saturated heterocycles. The Balaban J connectivity index is 2.92. The van der Waals surface area contributed by atoms with Crippen LogP contribution in [0.4, 0.5) is 5.69 Å². The molecule has 1 rings (SSSR count). The van der Waals surface area contributed by atoms with Crippen LogP contribution in [0.25, 0.3) is 0 Å². The first-order valence-electron chi connectivity index (χ1n) is 4.49. The normalized spacial score (nSPS) is 11.5. The van der Waals surface area contributed by atoms with Crippen LogP contribution in [0, 0.1) is 0 Å². The summed E-state index contributed by atoms with van der Waals surface area (Å²) < 4.78 is 30.2. The van der Waals surface area contributed by atoms with Crippen molar-refractivity contribution in [2.75, 3.05) is 24.2 Å². The maximum absolute atomic E-state index is 11.6. The van der Waals surface area contributed by atoms with E-state index in [-0.39, 0.29) is 33.1 Å². The van der Waals surface area contributed by atoms with Crippen LogP contribution in [0.5, 0.6) is 0 Å². The summed E-state index contributed by atoms with van der Waals surface area (Å²) in [6, 6.07) is 2.73. The summed E-state index contributed by atoms with van der Waals surface area (Å²) in [6.07, 6.45) is 0. The van der Waals surface area contributed by atoms with Gasteiger partial charge in [-0.2, -0.15) is 0 Å². The molecule has 0 aromatic heterocycles. The Morgan fingerprint density at radius 2 is 1.76 bits per heavy atom. The lowest BCUT2D eigenvalue weighted by Gasteiger charge is -2.10. The molecule has 1 aromatic carbocycles. The number of hydrogen-bond acceptors (Lipinski definition) is 3. The number of halogens is 3. The Labute approximate surface area is 115 Å². The Bertz CT molecular complexity index is 504. The van der Waals surface area contributed by atoms with E-state index in [1.807, 2.05) is 0 Å². The van der Waals surface area contributed by atoms with E-state index >= 15 is 0 Å². The van der Waals surface area contributed by atoms with Gasteiger partial charge in [-0.15, -0.1) is 0 Å². The van der Waals surface area contributed by atoms with Gasteiger partial charge in [-0.1, -0.05) is 34.8 Å². The molecule has 96 valence electrons. The molecule has 0 bridgehead atoms. The van der Waals surface area contributed by atoms with E-state index in [1.165, 1.54) is 19.2 Å². The molecular weight excluding hydrogens is 309 g/mol. The minimum absolute atomic E-state index is 0.0915. The van der Waals surface area contributed by atoms with E-state index in [2.05, 4.69) is 9.46 Å². The summed E-state index contributed by atoms with van der Waals surface area (Å²) in [5, 5.41) is 0.664. The van der Waals surface area contributed by atoms with Crippen molar-refractivity contribution in [3.8, 4) is 0 Å². The molecule has 8 heteroatoms. The molecule has 4 nitrogen and oxygen atoms in total. The second kappa shape index (κ2) is 6.11. The summed E-state index contributed by atoms with van der Waals surface area (Å²) in [4.78, 5) is 0. The molecular formula is C9H10Cl3NO3S. The van der Waals surface area contributed by atoms with Crippen molar-refractivity contribution in [1.29, 1.82) is 0 Å². The van der Waals surface area contributed by atoms with Gasteiger partial charge in [0.05, 0.1) is 33.1 Å². The van der Waals surface area contributed by atoms with Crippen molar-refractivity contribution in [2.24, 2.45) is 0 Å². The van der Waals surface area contributed by atoms with Gasteiger partial charge in [0.25, 0.3) is 0 Å². The van der Waals surface area contributed by atoms with Crippen LogP contribution in [0.2, 0.25) is 15.1 Å². The van der Waals surface area contributed by atoms with Gasteiger partial charge in [0.15, 0.2) is 0 Å². The number of rotatable bonds is 5. The highest BCUT2D eigenvalue weighted by molar-refractivity contribution is 7.92. The zero-order valence-electron chi connectivity index (χ0n) is 8.84. The quantitative estimate of drug-likeness (QED) is 0.849. The first-order chi connectivity index (χ1) is 7.85. The third kappa shape index (κ3) is 4.52. The molecule has 1 aromatic rings. The lowest BCUT2D eigenvalue weighted by Crippen LogP contribution is -2.19. The maximum Gasteiger partial charge on any atom is 0.235 e. The zero-order chi connectivity index (χ0) is 13.1. The van der Waals surface area contributed by atoms with Crippen molar-refractivity contribution in [3.63, 3.8) is 0 Å². The van der Waals surface area contributed by atoms with Crippen LogP contribution < -0.4 is 4.72 Å². The molecule has 0 fully saturated rings. The Morgan fingerprint density at radius 3 is 2.35 bits per heavy atom. The third-order valence-electron chi connectivity index (χ3n) is 1.83. The fourth-order valence-electron chi connectivity index (χ4n) is 1.01. The maximum atomic E-state index is 11.6. The first-order valence-corrected chi connectivity index (χ1v) is 7.28. The number of hydrogen-bond donors (Lipinski definition) is 1. The molecule has 0 aliphatic rings. The predicted octanol–water partition coefficient (Wildman–Crippen LogP) is 3.03. The van der Waals surface area contributed by atoms with E-state index in [9.17, 15) is 8.42 Å². The number of benzene rings is 1. The van der Waals surface area contributed by atoms with Gasteiger partial charge in [-0.05, 0) is 12.1 Å². The van der Waals surface area contributed by atoms with Crippen molar-refractivity contribution in [2.45, 2.75) is 0 Å². The van der Waals surface area contributed by atoms with Crippen LogP contribution in [0.3, 0.4) is 0 Å². The van der Waals surface area contributed by atoms with Crippen molar-refractivity contribution in [1.82, 2.24) is 0 Å². The summed E-state index contributed by atoms with van der Waals surface area (Å²) in [5.74, 6) is -0.167. The molecule has 0 amide bonds. The van der Waals surface area contributed by atoms with Crippen molar-refractivity contribution >= 4 is 50.5 Å². The fraction of sp³-hybridized carbons (Fsp3) is 0.333. The smallest absolute Gasteiger partial charge is 0.235 e. The van der Waals surface area contributed by atoms with E-state index in [0.29, 0.717) is 0 Å². The van der Waals surface area contributed by atoms with Gasteiger partial charge >= 0.3 is 0 Å². The fourth-order valence-corrected chi connectivity index (χ4v) is 2.65. The highest BCUT2D eigenvalue weighted by Crippen LogP contribution is 2.32. The molecule has 0 unspecified atom stereocenters. The highest BCUT2D eigenvalue weighted by atomic mass is 35.5. The minimum atomic E-state index is -3.51. The molecule has 17 heavy (non-hydrogen) atoms. The summed E-state index contributed by atoms with van der Waals surface area (Å²) in [5.41, 5.74) is 0.192. The Hall–Kier alpha value is -0.200. The van der Waals surface area contributed by atoms with E-state index < -0.39 is 10.0 Å². The number of nitrogens with one attached hydrogen (secondary N) is 1.